The first kappa shape index (κ1) is 24.5. The van der Waals surface area contributed by atoms with Crippen LogP contribution < -0.4 is 14.5 Å². The van der Waals surface area contributed by atoms with Gasteiger partial charge in [-0.15, -0.1) is 0 Å². The minimum absolute atomic E-state index is 0.0685. The largest absolute Gasteiger partial charge is 0.489 e. The number of sulfonamides is 1. The average Bonchev–Trinajstić information content (AvgIpc) is 3.10. The standard InChI is InChI=1S/C26H24ClN3O5S/c1-17-12-18(23-13-19(27)6-11-24(23)29-17)14-35-21-9-7-20(8-10-21)30-25(15-34-16-28-31)22-4-2-3-5-26(22)36(30,32)33/h2-13,25,28,31H,14-16H2,1H3. The van der Waals surface area contributed by atoms with Crippen LogP contribution in [0.1, 0.15) is 22.9 Å². The molecular weight excluding hydrogens is 502 g/mol. The Morgan fingerprint density at radius 2 is 1.86 bits per heavy atom. The average molecular weight is 526 g/mol. The third-order valence-electron chi connectivity index (χ3n) is 6.01. The van der Waals surface area contributed by atoms with E-state index in [2.05, 4.69) is 4.98 Å². The normalized spacial score (nSPS) is 16.3. The Hall–Kier alpha value is -3.21. The van der Waals surface area contributed by atoms with E-state index in [0.717, 1.165) is 22.2 Å². The number of nitrogens with zero attached hydrogens (tertiary/aromatic N) is 2. The number of halogens is 1. The monoisotopic (exact) mass is 525 g/mol. The van der Waals surface area contributed by atoms with Crippen LogP contribution in [0.5, 0.6) is 5.75 Å². The Morgan fingerprint density at radius 3 is 2.64 bits per heavy atom. The molecule has 1 aliphatic heterocycles. The zero-order valence-corrected chi connectivity index (χ0v) is 21.0. The minimum Gasteiger partial charge on any atom is -0.489 e. The van der Waals surface area contributed by atoms with E-state index in [1.807, 2.05) is 36.7 Å². The topological polar surface area (TPSA) is 101 Å². The van der Waals surface area contributed by atoms with Gasteiger partial charge in [0.15, 0.2) is 0 Å². The van der Waals surface area contributed by atoms with Crippen LogP contribution >= 0.6 is 11.6 Å². The number of hydrogen-bond donors (Lipinski definition) is 2. The number of benzene rings is 3. The van der Waals surface area contributed by atoms with E-state index in [1.54, 1.807) is 48.5 Å². The maximum Gasteiger partial charge on any atom is 0.265 e. The van der Waals surface area contributed by atoms with Crippen molar-refractivity contribution in [3.05, 3.63) is 94.6 Å². The predicted molar refractivity (Wildman–Crippen MR) is 137 cm³/mol. The minimum atomic E-state index is -3.78. The molecule has 4 aromatic rings. The van der Waals surface area contributed by atoms with Gasteiger partial charge in [-0.1, -0.05) is 29.8 Å². The van der Waals surface area contributed by atoms with Gasteiger partial charge in [0.2, 0.25) is 0 Å². The number of hydroxylamine groups is 1. The zero-order chi connectivity index (χ0) is 25.3. The number of anilines is 1. The Labute approximate surface area is 214 Å². The summed E-state index contributed by atoms with van der Waals surface area (Å²) in [5.41, 5.74) is 5.74. The number of ether oxygens (including phenoxy) is 2. The Kier molecular flexibility index (Phi) is 6.83. The lowest BCUT2D eigenvalue weighted by Crippen LogP contribution is -2.31. The summed E-state index contributed by atoms with van der Waals surface area (Å²) < 4.78 is 39.5. The number of nitrogens with one attached hydrogen (secondary N) is 1. The number of aromatic nitrogens is 1. The van der Waals surface area contributed by atoms with Gasteiger partial charge in [-0.05, 0) is 67.1 Å². The number of pyridine rings is 1. The first-order chi connectivity index (χ1) is 17.4. The molecule has 2 N–H and O–H groups in total. The van der Waals surface area contributed by atoms with Crippen molar-refractivity contribution >= 4 is 38.2 Å². The molecule has 1 aliphatic rings. The fourth-order valence-electron chi connectivity index (χ4n) is 4.47. The molecule has 2 heterocycles. The highest BCUT2D eigenvalue weighted by Crippen LogP contribution is 2.43. The Morgan fingerprint density at radius 1 is 1.08 bits per heavy atom. The van der Waals surface area contributed by atoms with E-state index in [9.17, 15) is 8.42 Å². The molecule has 0 saturated heterocycles. The van der Waals surface area contributed by atoms with Gasteiger partial charge in [0.05, 0.1) is 28.7 Å². The summed E-state index contributed by atoms with van der Waals surface area (Å²) in [6, 6.07) is 20.7. The molecule has 0 fully saturated rings. The molecule has 1 atom stereocenters. The van der Waals surface area contributed by atoms with Crippen molar-refractivity contribution in [2.75, 3.05) is 17.6 Å². The lowest BCUT2D eigenvalue weighted by Gasteiger charge is -2.25. The first-order valence-electron chi connectivity index (χ1n) is 11.2. The van der Waals surface area contributed by atoms with Gasteiger partial charge in [-0.3, -0.25) is 9.29 Å². The van der Waals surface area contributed by atoms with Crippen LogP contribution in [0, 0.1) is 6.92 Å². The van der Waals surface area contributed by atoms with Gasteiger partial charge in [0.25, 0.3) is 10.0 Å². The lowest BCUT2D eigenvalue weighted by molar-refractivity contribution is 0.0186. The highest BCUT2D eigenvalue weighted by molar-refractivity contribution is 7.93. The molecule has 10 heteroatoms. The summed E-state index contributed by atoms with van der Waals surface area (Å²) in [5, 5.41) is 10.4. The molecule has 0 saturated carbocycles. The quantitative estimate of drug-likeness (QED) is 0.190. The second kappa shape index (κ2) is 10.0. The number of fused-ring (bicyclic) bond motifs is 2. The van der Waals surface area contributed by atoms with Crippen LogP contribution in [0.4, 0.5) is 5.69 Å². The van der Waals surface area contributed by atoms with E-state index < -0.39 is 16.1 Å². The summed E-state index contributed by atoms with van der Waals surface area (Å²) >= 11 is 6.19. The molecule has 0 spiro atoms. The van der Waals surface area contributed by atoms with Gasteiger partial charge in [-0.2, -0.15) is 5.48 Å². The zero-order valence-electron chi connectivity index (χ0n) is 19.4. The molecule has 186 valence electrons. The van der Waals surface area contributed by atoms with E-state index >= 15 is 0 Å². The highest BCUT2D eigenvalue weighted by atomic mass is 35.5. The third-order valence-corrected chi connectivity index (χ3v) is 8.16. The van der Waals surface area contributed by atoms with Crippen LogP contribution in [0.3, 0.4) is 0 Å². The maximum atomic E-state index is 13.4. The number of hydrogen-bond acceptors (Lipinski definition) is 7. The first-order valence-corrected chi connectivity index (χ1v) is 13.1. The molecule has 5 rings (SSSR count). The lowest BCUT2D eigenvalue weighted by atomic mass is 10.1. The van der Waals surface area contributed by atoms with E-state index in [4.69, 9.17) is 26.3 Å². The van der Waals surface area contributed by atoms with Crippen molar-refractivity contribution in [1.82, 2.24) is 10.5 Å². The number of rotatable bonds is 8. The smallest absolute Gasteiger partial charge is 0.265 e. The van der Waals surface area contributed by atoms with Crippen LogP contribution in [-0.4, -0.2) is 31.9 Å². The number of aryl methyl sites for hydroxylation is 1. The van der Waals surface area contributed by atoms with Crippen LogP contribution in [-0.2, 0) is 21.4 Å². The van der Waals surface area contributed by atoms with Crippen molar-refractivity contribution < 1.29 is 23.1 Å². The second-order valence-electron chi connectivity index (χ2n) is 8.39. The highest BCUT2D eigenvalue weighted by Gasteiger charge is 2.42. The third kappa shape index (κ3) is 4.63. The van der Waals surface area contributed by atoms with Crippen molar-refractivity contribution in [2.24, 2.45) is 0 Å². The summed E-state index contributed by atoms with van der Waals surface area (Å²) in [4.78, 5) is 4.79. The molecule has 1 unspecified atom stereocenters. The molecule has 3 aromatic carbocycles. The van der Waals surface area contributed by atoms with Crippen LogP contribution in [0.2, 0.25) is 5.02 Å². The van der Waals surface area contributed by atoms with Crippen molar-refractivity contribution in [3.63, 3.8) is 0 Å². The van der Waals surface area contributed by atoms with Gasteiger partial charge >= 0.3 is 0 Å². The van der Waals surface area contributed by atoms with Gasteiger partial charge < -0.3 is 14.7 Å². The van der Waals surface area contributed by atoms with Crippen LogP contribution in [0.25, 0.3) is 10.9 Å². The Bertz CT molecular complexity index is 1510. The van der Waals surface area contributed by atoms with E-state index in [1.165, 1.54) is 4.31 Å². The van der Waals surface area contributed by atoms with E-state index in [0.29, 0.717) is 28.6 Å². The molecule has 0 aliphatic carbocycles. The van der Waals surface area contributed by atoms with Gasteiger partial charge in [0, 0.05) is 21.7 Å². The fraction of sp³-hybridized carbons (Fsp3) is 0.192. The molecule has 8 nitrogen and oxygen atoms in total. The predicted octanol–water partition coefficient (Wildman–Crippen LogP) is 4.98. The van der Waals surface area contributed by atoms with Crippen molar-refractivity contribution in [3.8, 4) is 5.75 Å². The molecule has 36 heavy (non-hydrogen) atoms. The van der Waals surface area contributed by atoms with Crippen molar-refractivity contribution in [2.45, 2.75) is 24.5 Å². The molecule has 0 amide bonds. The second-order valence-corrected chi connectivity index (χ2v) is 10.6. The van der Waals surface area contributed by atoms with Gasteiger partial charge in [0.1, 0.15) is 19.1 Å². The molecule has 1 aromatic heterocycles. The SMILES string of the molecule is Cc1cc(COc2ccc(N3C(COCNO)c4ccccc4S3(=O)=O)cc2)c2cc(Cl)ccc2n1. The Balaban J connectivity index is 1.39. The molecular formula is C26H24ClN3O5S. The van der Waals surface area contributed by atoms with Crippen molar-refractivity contribution in [1.29, 1.82) is 0 Å². The summed E-state index contributed by atoms with van der Waals surface area (Å²) in [6.45, 7) is 2.18. The maximum absolute atomic E-state index is 13.4. The summed E-state index contributed by atoms with van der Waals surface area (Å²) in [6.07, 6.45) is 0. The molecule has 0 bridgehead atoms. The van der Waals surface area contributed by atoms with E-state index in [-0.39, 0.29) is 18.2 Å². The van der Waals surface area contributed by atoms with Crippen LogP contribution in [0.15, 0.2) is 77.7 Å². The molecule has 0 radical (unpaired) electrons. The fourth-order valence-corrected chi connectivity index (χ4v) is 6.51. The van der Waals surface area contributed by atoms with Gasteiger partial charge in [-0.25, -0.2) is 8.42 Å². The summed E-state index contributed by atoms with van der Waals surface area (Å²) in [5.74, 6) is 0.592. The summed E-state index contributed by atoms with van der Waals surface area (Å²) in [7, 11) is -3.78.